The van der Waals surface area contributed by atoms with Gasteiger partial charge in [-0.05, 0) is 70.7 Å². The van der Waals surface area contributed by atoms with Crippen molar-refractivity contribution in [2.24, 2.45) is 0 Å². The van der Waals surface area contributed by atoms with Gasteiger partial charge in [0.05, 0.1) is 11.7 Å². The Balaban J connectivity index is 1.72. The van der Waals surface area contributed by atoms with Gasteiger partial charge in [-0.15, -0.1) is 0 Å². The first kappa shape index (κ1) is 27.3. The highest BCUT2D eigenvalue weighted by atomic mass is 16.5. The van der Waals surface area contributed by atoms with E-state index in [1.54, 1.807) is 6.07 Å². The molecule has 3 aromatic carbocycles. The minimum Gasteiger partial charge on any atom is -0.507 e. The van der Waals surface area contributed by atoms with Gasteiger partial charge in [0.15, 0.2) is 17.5 Å². The van der Waals surface area contributed by atoms with Gasteiger partial charge in [-0.1, -0.05) is 73.7 Å². The topological polar surface area (TPSA) is 68.1 Å². The highest BCUT2D eigenvalue weighted by Crippen LogP contribution is 2.34. The monoisotopic (exact) mass is 509 g/mol. The minimum atomic E-state index is 0.0847. The number of nitrogens with zero attached hydrogens (tertiary/aromatic N) is 3. The maximum atomic E-state index is 11.0. The Hall–Kier alpha value is -3.73. The summed E-state index contributed by atoms with van der Waals surface area (Å²) in [5, 5.41) is 11.0. The quantitative estimate of drug-likeness (QED) is 0.217. The van der Waals surface area contributed by atoms with Crippen LogP contribution < -0.4 is 4.74 Å². The number of aryl methyl sites for hydroxylation is 4. The van der Waals surface area contributed by atoms with E-state index in [2.05, 4.69) is 65.8 Å². The van der Waals surface area contributed by atoms with Crippen molar-refractivity contribution in [1.29, 1.82) is 0 Å². The largest absolute Gasteiger partial charge is 0.507 e. The zero-order valence-corrected chi connectivity index (χ0v) is 23.5. The lowest BCUT2D eigenvalue weighted by atomic mass is 10.0. The molecule has 0 fully saturated rings. The van der Waals surface area contributed by atoms with E-state index < -0.39 is 0 Å². The normalized spacial score (nSPS) is 11.9. The van der Waals surface area contributed by atoms with E-state index in [0.717, 1.165) is 35.1 Å². The molecule has 0 spiro atoms. The van der Waals surface area contributed by atoms with E-state index in [0.29, 0.717) is 28.8 Å². The number of aromatic hydroxyl groups is 1. The standard InChI is InChI=1S/C33H39N3O2/c1-7-8-9-10-11-25(6)38-26-14-17-29(30(37)20-26)33-35-31(27-15-12-21(2)18-23(27)4)34-32(36-33)28-16-13-22(3)19-24(28)5/h12-20,25,37H,7-11H2,1-6H3. The predicted octanol–water partition coefficient (Wildman–Crippen LogP) is 8.55. The fourth-order valence-corrected chi connectivity index (χ4v) is 4.79. The predicted molar refractivity (Wildman–Crippen MR) is 156 cm³/mol. The van der Waals surface area contributed by atoms with Gasteiger partial charge in [0.25, 0.3) is 0 Å². The third-order valence-electron chi connectivity index (χ3n) is 6.89. The van der Waals surface area contributed by atoms with E-state index in [1.165, 1.54) is 30.4 Å². The van der Waals surface area contributed by atoms with Gasteiger partial charge >= 0.3 is 0 Å². The average Bonchev–Trinajstić information content (AvgIpc) is 2.86. The summed E-state index contributed by atoms with van der Waals surface area (Å²) >= 11 is 0. The summed E-state index contributed by atoms with van der Waals surface area (Å²) in [6.45, 7) is 12.6. The molecule has 5 heteroatoms. The molecule has 1 heterocycles. The van der Waals surface area contributed by atoms with Crippen LogP contribution in [0.15, 0.2) is 54.6 Å². The van der Waals surface area contributed by atoms with E-state index in [-0.39, 0.29) is 11.9 Å². The molecule has 0 aliphatic carbocycles. The van der Waals surface area contributed by atoms with Gasteiger partial charge in [-0.2, -0.15) is 0 Å². The lowest BCUT2D eigenvalue weighted by molar-refractivity contribution is 0.206. The molecule has 5 nitrogen and oxygen atoms in total. The van der Waals surface area contributed by atoms with Crippen molar-refractivity contribution in [2.75, 3.05) is 0 Å². The number of benzene rings is 3. The fraction of sp³-hybridized carbons (Fsp3) is 0.364. The van der Waals surface area contributed by atoms with Crippen LogP contribution in [-0.2, 0) is 0 Å². The maximum Gasteiger partial charge on any atom is 0.167 e. The zero-order valence-electron chi connectivity index (χ0n) is 23.5. The van der Waals surface area contributed by atoms with E-state index in [1.807, 2.05) is 24.3 Å². The van der Waals surface area contributed by atoms with Gasteiger partial charge in [0.2, 0.25) is 0 Å². The molecule has 1 aromatic heterocycles. The van der Waals surface area contributed by atoms with Gasteiger partial charge in [-0.3, -0.25) is 0 Å². The molecule has 38 heavy (non-hydrogen) atoms. The number of aromatic nitrogens is 3. The first-order valence-electron chi connectivity index (χ1n) is 13.7. The second-order valence-electron chi connectivity index (χ2n) is 10.4. The van der Waals surface area contributed by atoms with Crippen LogP contribution in [0.25, 0.3) is 34.2 Å². The summed E-state index contributed by atoms with van der Waals surface area (Å²) in [5.74, 6) is 2.34. The Bertz CT molecular complexity index is 1340. The van der Waals surface area contributed by atoms with E-state index in [9.17, 15) is 5.11 Å². The van der Waals surface area contributed by atoms with Crippen molar-refractivity contribution in [2.45, 2.75) is 79.8 Å². The van der Waals surface area contributed by atoms with Gasteiger partial charge in [-0.25, -0.2) is 15.0 Å². The summed E-state index contributed by atoms with van der Waals surface area (Å²) in [5.41, 5.74) is 6.99. The van der Waals surface area contributed by atoms with Crippen molar-refractivity contribution < 1.29 is 9.84 Å². The van der Waals surface area contributed by atoms with Crippen molar-refractivity contribution in [1.82, 2.24) is 15.0 Å². The van der Waals surface area contributed by atoms with Gasteiger partial charge in [0.1, 0.15) is 11.5 Å². The third kappa shape index (κ3) is 6.58. The average molecular weight is 510 g/mol. The molecule has 4 aromatic rings. The van der Waals surface area contributed by atoms with E-state index >= 15 is 0 Å². The highest BCUT2D eigenvalue weighted by molar-refractivity contribution is 5.72. The first-order chi connectivity index (χ1) is 18.2. The second kappa shape index (κ2) is 12.2. The molecule has 0 aliphatic heterocycles. The fourth-order valence-electron chi connectivity index (χ4n) is 4.79. The molecule has 4 rings (SSSR count). The van der Waals surface area contributed by atoms with Crippen LogP contribution in [0.5, 0.6) is 11.5 Å². The molecule has 0 saturated carbocycles. The number of rotatable bonds is 10. The number of phenols is 1. The molecule has 0 bridgehead atoms. The first-order valence-corrected chi connectivity index (χ1v) is 13.7. The summed E-state index contributed by atoms with van der Waals surface area (Å²) < 4.78 is 6.09. The van der Waals surface area contributed by atoms with E-state index in [4.69, 9.17) is 19.7 Å². The number of hydrogen-bond acceptors (Lipinski definition) is 5. The minimum absolute atomic E-state index is 0.0847. The lowest BCUT2D eigenvalue weighted by Gasteiger charge is -2.16. The maximum absolute atomic E-state index is 11.0. The molecule has 0 radical (unpaired) electrons. The van der Waals surface area contributed by atoms with Crippen LogP contribution in [0.1, 0.15) is 68.2 Å². The third-order valence-corrected chi connectivity index (χ3v) is 6.89. The van der Waals surface area contributed by atoms with Crippen molar-refractivity contribution in [3.05, 3.63) is 76.9 Å². The van der Waals surface area contributed by atoms with Crippen LogP contribution in [-0.4, -0.2) is 26.2 Å². The van der Waals surface area contributed by atoms with Crippen molar-refractivity contribution in [3.63, 3.8) is 0 Å². The Morgan fingerprint density at radius 2 is 1.21 bits per heavy atom. The molecule has 0 saturated heterocycles. The number of unbranched alkanes of at least 4 members (excludes halogenated alkanes) is 3. The van der Waals surface area contributed by atoms with Crippen LogP contribution in [0.4, 0.5) is 0 Å². The van der Waals surface area contributed by atoms with Crippen molar-refractivity contribution in [3.8, 4) is 45.7 Å². The molecule has 0 aliphatic rings. The van der Waals surface area contributed by atoms with Crippen LogP contribution >= 0.6 is 0 Å². The Morgan fingerprint density at radius 1 is 0.684 bits per heavy atom. The lowest BCUT2D eigenvalue weighted by Crippen LogP contribution is -2.11. The molecule has 198 valence electrons. The zero-order chi connectivity index (χ0) is 27.2. The number of phenolic OH excluding ortho intramolecular Hbond substituents is 1. The van der Waals surface area contributed by atoms with Crippen LogP contribution in [0.2, 0.25) is 0 Å². The highest BCUT2D eigenvalue weighted by Gasteiger charge is 2.17. The Labute approximate surface area is 227 Å². The number of hydrogen-bond donors (Lipinski definition) is 1. The SMILES string of the molecule is CCCCCCC(C)Oc1ccc(-c2nc(-c3ccc(C)cc3C)nc(-c3ccc(C)cc3C)n2)c(O)c1. The van der Waals surface area contributed by atoms with Crippen LogP contribution in [0, 0.1) is 27.7 Å². The summed E-state index contributed by atoms with van der Waals surface area (Å²) in [4.78, 5) is 14.5. The summed E-state index contributed by atoms with van der Waals surface area (Å²) in [7, 11) is 0. The van der Waals surface area contributed by atoms with Crippen LogP contribution in [0.3, 0.4) is 0 Å². The second-order valence-corrected chi connectivity index (χ2v) is 10.4. The Morgan fingerprint density at radius 3 is 1.71 bits per heavy atom. The molecular weight excluding hydrogens is 470 g/mol. The molecule has 0 amide bonds. The molecular formula is C33H39N3O2. The molecule has 1 N–H and O–H groups in total. The van der Waals surface area contributed by atoms with Crippen molar-refractivity contribution >= 4 is 0 Å². The smallest absolute Gasteiger partial charge is 0.167 e. The summed E-state index contributed by atoms with van der Waals surface area (Å²) in [6.07, 6.45) is 5.92. The molecule has 1 unspecified atom stereocenters. The Kier molecular flexibility index (Phi) is 8.77. The molecule has 1 atom stereocenters. The summed E-state index contributed by atoms with van der Waals surface area (Å²) in [6, 6.07) is 17.9. The van der Waals surface area contributed by atoms with Gasteiger partial charge < -0.3 is 9.84 Å². The number of ether oxygens (including phenoxy) is 1. The van der Waals surface area contributed by atoms with Gasteiger partial charge in [0, 0.05) is 17.2 Å².